The minimum absolute atomic E-state index is 0.531. The van der Waals surface area contributed by atoms with Gasteiger partial charge in [-0.3, -0.25) is 0 Å². The predicted molar refractivity (Wildman–Crippen MR) is 88.9 cm³/mol. The second kappa shape index (κ2) is 6.38. The largest absolute Gasteiger partial charge is 0.311 e. The summed E-state index contributed by atoms with van der Waals surface area (Å²) in [7, 11) is 0. The molecule has 2 aliphatic carbocycles. The molecule has 1 heteroatoms. The maximum absolute atomic E-state index is 4.11. The fraction of sp³-hybridized carbons (Fsp3) is 1.00. The third kappa shape index (κ3) is 4.23. The maximum Gasteiger partial charge on any atom is 0.0103 e. The molecule has 0 saturated heterocycles. The first kappa shape index (κ1) is 16.3. The van der Waals surface area contributed by atoms with Crippen molar-refractivity contribution in [3.63, 3.8) is 0 Å². The predicted octanol–water partition coefficient (Wildman–Crippen LogP) is 5.25. The van der Waals surface area contributed by atoms with Gasteiger partial charge in [0.25, 0.3) is 0 Å². The molecule has 5 atom stereocenters. The van der Waals surface area contributed by atoms with Crippen molar-refractivity contribution in [1.29, 1.82) is 0 Å². The Morgan fingerprint density at radius 1 is 0.950 bits per heavy atom. The highest BCUT2D eigenvalue weighted by molar-refractivity contribution is 4.92. The van der Waals surface area contributed by atoms with Crippen molar-refractivity contribution in [2.45, 2.75) is 92.2 Å². The summed E-state index contributed by atoms with van der Waals surface area (Å²) in [5.41, 5.74) is 0.531. The Bertz CT molecular complexity index is 307. The van der Waals surface area contributed by atoms with Crippen molar-refractivity contribution in [1.82, 2.24) is 5.32 Å². The van der Waals surface area contributed by atoms with Gasteiger partial charge in [0.15, 0.2) is 0 Å². The highest BCUT2D eigenvalue weighted by Gasteiger charge is 2.36. The molecule has 0 bridgehead atoms. The lowest BCUT2D eigenvalue weighted by atomic mass is 9.69. The van der Waals surface area contributed by atoms with E-state index in [-0.39, 0.29) is 0 Å². The summed E-state index contributed by atoms with van der Waals surface area (Å²) >= 11 is 0. The van der Waals surface area contributed by atoms with Gasteiger partial charge in [0.1, 0.15) is 0 Å². The SMILES string of the molecule is CC1CCC(C(C)C)C(NC2CC(C)CC(C)(C)C2)C1. The van der Waals surface area contributed by atoms with Gasteiger partial charge in [0.05, 0.1) is 0 Å². The number of hydrogen-bond acceptors (Lipinski definition) is 1. The molecule has 0 amide bonds. The van der Waals surface area contributed by atoms with E-state index in [0.29, 0.717) is 5.41 Å². The summed E-state index contributed by atoms with van der Waals surface area (Å²) in [4.78, 5) is 0. The number of rotatable bonds is 3. The number of hydrogen-bond donors (Lipinski definition) is 1. The Morgan fingerprint density at radius 2 is 1.65 bits per heavy atom. The molecular weight excluding hydrogens is 242 g/mol. The van der Waals surface area contributed by atoms with Crippen LogP contribution in [0, 0.1) is 29.1 Å². The van der Waals surface area contributed by atoms with Crippen LogP contribution in [0.15, 0.2) is 0 Å². The molecule has 1 nitrogen and oxygen atoms in total. The lowest BCUT2D eigenvalue weighted by Crippen LogP contribution is -2.50. The van der Waals surface area contributed by atoms with Gasteiger partial charge < -0.3 is 5.32 Å². The standard InChI is InChI=1S/C19H37N/c1-13(2)17-8-7-14(3)10-18(17)20-16-9-15(4)11-19(5,6)12-16/h13-18,20H,7-12H2,1-6H3. The Morgan fingerprint density at radius 3 is 2.25 bits per heavy atom. The van der Waals surface area contributed by atoms with E-state index in [1.54, 1.807) is 0 Å². The summed E-state index contributed by atoms with van der Waals surface area (Å²) in [5.74, 6) is 3.52. The molecule has 0 aliphatic heterocycles. The second-order valence-electron chi connectivity index (χ2n) is 9.21. The van der Waals surface area contributed by atoms with E-state index in [1.165, 1.54) is 38.5 Å². The smallest absolute Gasteiger partial charge is 0.0103 e. The van der Waals surface area contributed by atoms with Gasteiger partial charge in [-0.1, -0.05) is 48.0 Å². The van der Waals surface area contributed by atoms with Gasteiger partial charge in [-0.15, -0.1) is 0 Å². The molecule has 20 heavy (non-hydrogen) atoms. The monoisotopic (exact) mass is 279 g/mol. The van der Waals surface area contributed by atoms with Crippen molar-refractivity contribution >= 4 is 0 Å². The van der Waals surface area contributed by atoms with Crippen LogP contribution < -0.4 is 5.32 Å². The van der Waals surface area contributed by atoms with Crippen LogP contribution in [0.2, 0.25) is 0 Å². The minimum Gasteiger partial charge on any atom is -0.311 e. The van der Waals surface area contributed by atoms with Crippen LogP contribution in [0.3, 0.4) is 0 Å². The lowest BCUT2D eigenvalue weighted by Gasteiger charge is -2.44. The van der Waals surface area contributed by atoms with Gasteiger partial charge in [-0.2, -0.15) is 0 Å². The van der Waals surface area contributed by atoms with Crippen LogP contribution in [0.25, 0.3) is 0 Å². The molecule has 5 unspecified atom stereocenters. The van der Waals surface area contributed by atoms with Crippen molar-refractivity contribution in [3.8, 4) is 0 Å². The Hall–Kier alpha value is -0.0400. The Kier molecular flexibility index (Phi) is 5.21. The van der Waals surface area contributed by atoms with Crippen LogP contribution in [0.5, 0.6) is 0 Å². The summed E-state index contributed by atoms with van der Waals surface area (Å²) < 4.78 is 0. The molecule has 2 saturated carbocycles. The van der Waals surface area contributed by atoms with Crippen LogP contribution >= 0.6 is 0 Å². The highest BCUT2D eigenvalue weighted by atomic mass is 15.0. The zero-order chi connectivity index (χ0) is 14.9. The van der Waals surface area contributed by atoms with Gasteiger partial charge >= 0.3 is 0 Å². The van der Waals surface area contributed by atoms with Crippen molar-refractivity contribution in [3.05, 3.63) is 0 Å². The van der Waals surface area contributed by atoms with Crippen molar-refractivity contribution in [2.75, 3.05) is 0 Å². The first-order valence-electron chi connectivity index (χ1n) is 9.03. The summed E-state index contributed by atoms with van der Waals surface area (Å²) in [5, 5.41) is 4.11. The van der Waals surface area contributed by atoms with Crippen molar-refractivity contribution in [2.24, 2.45) is 29.1 Å². The molecule has 0 radical (unpaired) electrons. The molecule has 0 spiro atoms. The average molecular weight is 280 g/mol. The molecule has 0 heterocycles. The summed E-state index contributed by atoms with van der Waals surface area (Å²) in [6, 6.07) is 1.52. The van der Waals surface area contributed by atoms with Crippen molar-refractivity contribution < 1.29 is 0 Å². The summed E-state index contributed by atoms with van der Waals surface area (Å²) in [6.07, 6.45) is 8.43. The molecule has 0 aromatic heterocycles. The molecule has 0 aromatic carbocycles. The minimum atomic E-state index is 0.531. The van der Waals surface area contributed by atoms with Crippen LogP contribution in [-0.4, -0.2) is 12.1 Å². The zero-order valence-electron chi connectivity index (χ0n) is 14.7. The Labute approximate surface area is 127 Å². The molecular formula is C19H37N. The van der Waals surface area contributed by atoms with E-state index in [0.717, 1.165) is 35.8 Å². The van der Waals surface area contributed by atoms with E-state index in [4.69, 9.17) is 0 Å². The normalized spacial score (nSPS) is 41.9. The second-order valence-corrected chi connectivity index (χ2v) is 9.21. The fourth-order valence-corrected chi connectivity index (χ4v) is 5.17. The lowest BCUT2D eigenvalue weighted by molar-refractivity contribution is 0.106. The van der Waals surface area contributed by atoms with Gasteiger partial charge in [0.2, 0.25) is 0 Å². The van der Waals surface area contributed by atoms with Gasteiger partial charge in [0, 0.05) is 12.1 Å². The van der Waals surface area contributed by atoms with Crippen LogP contribution in [0.1, 0.15) is 80.1 Å². The van der Waals surface area contributed by atoms with Gasteiger partial charge in [-0.25, -0.2) is 0 Å². The molecule has 0 aromatic rings. The molecule has 2 rings (SSSR count). The first-order chi connectivity index (χ1) is 9.27. The maximum atomic E-state index is 4.11. The van der Waals surface area contributed by atoms with E-state index < -0.39 is 0 Å². The average Bonchev–Trinajstić information content (AvgIpc) is 2.25. The van der Waals surface area contributed by atoms with Crippen LogP contribution in [0.4, 0.5) is 0 Å². The first-order valence-corrected chi connectivity index (χ1v) is 9.03. The highest BCUT2D eigenvalue weighted by Crippen LogP contribution is 2.40. The number of nitrogens with one attached hydrogen (secondary N) is 1. The van der Waals surface area contributed by atoms with E-state index in [9.17, 15) is 0 Å². The van der Waals surface area contributed by atoms with E-state index in [1.807, 2.05) is 0 Å². The molecule has 1 N–H and O–H groups in total. The third-order valence-corrected chi connectivity index (χ3v) is 5.86. The molecule has 118 valence electrons. The van der Waals surface area contributed by atoms with Gasteiger partial charge in [-0.05, 0) is 61.2 Å². The summed E-state index contributed by atoms with van der Waals surface area (Å²) in [6.45, 7) is 14.6. The third-order valence-electron chi connectivity index (χ3n) is 5.86. The molecule has 2 aliphatic rings. The van der Waals surface area contributed by atoms with E-state index in [2.05, 4.69) is 46.9 Å². The molecule has 2 fully saturated rings. The van der Waals surface area contributed by atoms with E-state index >= 15 is 0 Å². The zero-order valence-corrected chi connectivity index (χ0v) is 14.7. The van der Waals surface area contributed by atoms with Crippen LogP contribution in [-0.2, 0) is 0 Å². The quantitative estimate of drug-likeness (QED) is 0.744. The fourth-order valence-electron chi connectivity index (χ4n) is 5.17. The topological polar surface area (TPSA) is 12.0 Å². The Balaban J connectivity index is 1.98.